The lowest BCUT2D eigenvalue weighted by molar-refractivity contribution is -0.384. The number of rotatable bonds is 5. The number of nitro groups is 1. The number of nitro benzene ring substituents is 1. The monoisotopic (exact) mass is 408 g/mol. The molecule has 1 saturated heterocycles. The second-order valence-electron chi connectivity index (χ2n) is 6.41. The van der Waals surface area contributed by atoms with Crippen molar-refractivity contribution in [1.82, 2.24) is 0 Å². The van der Waals surface area contributed by atoms with Gasteiger partial charge in [-0.3, -0.25) is 24.6 Å². The molecular weight excluding hydrogens is 392 g/mol. The van der Waals surface area contributed by atoms with Crippen LogP contribution >= 0.6 is 11.8 Å². The summed E-state index contributed by atoms with van der Waals surface area (Å²) in [6.45, 7) is 1.86. The minimum absolute atomic E-state index is 0.0703. The van der Waals surface area contributed by atoms with Crippen LogP contribution in [0.25, 0.3) is 0 Å². The van der Waals surface area contributed by atoms with E-state index < -0.39 is 16.1 Å². The van der Waals surface area contributed by atoms with Crippen molar-refractivity contribution in [1.29, 1.82) is 5.26 Å². The average molecular weight is 408 g/mol. The highest BCUT2D eigenvalue weighted by molar-refractivity contribution is 8.05. The first kappa shape index (κ1) is 20.1. The SMILES string of the molecule is Cc1cccc(N2C(=O)[C@@H](Cc3cccc([N+](=O)[O-])c3)S/C2=C(\C#N)C(N)=O)c1. The molecule has 9 heteroatoms. The number of benzene rings is 2. The van der Waals surface area contributed by atoms with Gasteiger partial charge in [0.05, 0.1) is 10.2 Å². The number of primary amides is 1. The lowest BCUT2D eigenvalue weighted by atomic mass is 10.1. The molecule has 2 N–H and O–H groups in total. The van der Waals surface area contributed by atoms with Gasteiger partial charge in [0.2, 0.25) is 5.91 Å². The second kappa shape index (κ2) is 8.16. The summed E-state index contributed by atoms with van der Waals surface area (Å²) in [5.74, 6) is -1.24. The van der Waals surface area contributed by atoms with Crippen molar-refractivity contribution in [3.05, 3.63) is 80.4 Å². The number of nitrogens with zero attached hydrogens (tertiary/aromatic N) is 3. The number of anilines is 1. The normalized spacial score (nSPS) is 17.7. The summed E-state index contributed by atoms with van der Waals surface area (Å²) >= 11 is 1.06. The van der Waals surface area contributed by atoms with E-state index in [1.807, 2.05) is 13.0 Å². The molecular formula is C20H16N4O4S. The zero-order chi connectivity index (χ0) is 21.1. The zero-order valence-electron chi connectivity index (χ0n) is 15.4. The second-order valence-corrected chi connectivity index (χ2v) is 7.60. The molecule has 0 unspecified atom stereocenters. The van der Waals surface area contributed by atoms with Gasteiger partial charge in [-0.25, -0.2) is 0 Å². The van der Waals surface area contributed by atoms with Crippen molar-refractivity contribution >= 4 is 35.0 Å². The highest BCUT2D eigenvalue weighted by Crippen LogP contribution is 2.42. The number of nitriles is 1. The Bertz CT molecular complexity index is 1090. The minimum atomic E-state index is -0.920. The Kier molecular flexibility index (Phi) is 5.66. The van der Waals surface area contributed by atoms with Gasteiger partial charge in [-0.2, -0.15) is 5.26 Å². The zero-order valence-corrected chi connectivity index (χ0v) is 16.2. The first-order chi connectivity index (χ1) is 13.8. The molecule has 1 aliphatic rings. The van der Waals surface area contributed by atoms with Gasteiger partial charge in [-0.1, -0.05) is 36.0 Å². The van der Waals surface area contributed by atoms with Gasteiger partial charge in [0.15, 0.2) is 0 Å². The Balaban J connectivity index is 2.03. The molecule has 2 aromatic rings. The standard InChI is InChI=1S/C20H16N4O4S/c1-12-4-2-6-14(8-12)23-19(26)17(29-20(23)16(11-21)18(22)25)10-13-5-3-7-15(9-13)24(27)28/h2-9,17H,10H2,1H3,(H2,22,25)/b20-16+/t17-/m1/s1. The van der Waals surface area contributed by atoms with Gasteiger partial charge in [0.25, 0.3) is 11.6 Å². The molecule has 1 fully saturated rings. The van der Waals surface area contributed by atoms with Crippen LogP contribution in [-0.4, -0.2) is 22.0 Å². The van der Waals surface area contributed by atoms with Crippen LogP contribution in [0.2, 0.25) is 0 Å². The van der Waals surface area contributed by atoms with E-state index in [4.69, 9.17) is 5.73 Å². The van der Waals surface area contributed by atoms with Crippen molar-refractivity contribution in [2.45, 2.75) is 18.6 Å². The summed E-state index contributed by atoms with van der Waals surface area (Å²) in [5, 5.41) is 19.9. The van der Waals surface area contributed by atoms with E-state index in [1.165, 1.54) is 17.0 Å². The summed E-state index contributed by atoms with van der Waals surface area (Å²) in [7, 11) is 0. The number of carbonyl (C=O) groups excluding carboxylic acids is 2. The highest BCUT2D eigenvalue weighted by Gasteiger charge is 2.40. The van der Waals surface area contributed by atoms with Crippen LogP contribution in [0.4, 0.5) is 11.4 Å². The van der Waals surface area contributed by atoms with E-state index in [0.29, 0.717) is 11.3 Å². The van der Waals surface area contributed by atoms with Crippen LogP contribution in [0.15, 0.2) is 59.1 Å². The number of carbonyl (C=O) groups is 2. The van der Waals surface area contributed by atoms with E-state index in [1.54, 1.807) is 36.4 Å². The average Bonchev–Trinajstić information content (AvgIpc) is 2.98. The van der Waals surface area contributed by atoms with E-state index in [-0.39, 0.29) is 28.6 Å². The predicted molar refractivity (Wildman–Crippen MR) is 109 cm³/mol. The lowest BCUT2D eigenvalue weighted by Crippen LogP contribution is -2.31. The fraction of sp³-hybridized carbons (Fsp3) is 0.150. The van der Waals surface area contributed by atoms with E-state index in [9.17, 15) is 25.0 Å². The smallest absolute Gasteiger partial charge is 0.269 e. The van der Waals surface area contributed by atoms with Crippen LogP contribution in [0.5, 0.6) is 0 Å². The van der Waals surface area contributed by atoms with Gasteiger partial charge in [0, 0.05) is 17.8 Å². The fourth-order valence-corrected chi connectivity index (χ4v) is 4.33. The Labute approximate surface area is 170 Å². The fourth-order valence-electron chi connectivity index (χ4n) is 3.01. The predicted octanol–water partition coefficient (Wildman–Crippen LogP) is 2.81. The van der Waals surface area contributed by atoms with Gasteiger partial charge in [0.1, 0.15) is 16.7 Å². The Morgan fingerprint density at radius 2 is 2.03 bits per heavy atom. The third kappa shape index (κ3) is 4.12. The number of non-ortho nitro benzene ring substituents is 1. The van der Waals surface area contributed by atoms with Crippen molar-refractivity contribution in [3.63, 3.8) is 0 Å². The Morgan fingerprint density at radius 3 is 2.66 bits per heavy atom. The lowest BCUT2D eigenvalue weighted by Gasteiger charge is -2.18. The summed E-state index contributed by atoms with van der Waals surface area (Å²) < 4.78 is 0. The van der Waals surface area contributed by atoms with Crippen LogP contribution in [0.1, 0.15) is 11.1 Å². The van der Waals surface area contributed by atoms with E-state index >= 15 is 0 Å². The molecule has 0 saturated carbocycles. The molecule has 29 heavy (non-hydrogen) atoms. The van der Waals surface area contributed by atoms with Crippen LogP contribution < -0.4 is 10.6 Å². The molecule has 2 aromatic carbocycles. The number of nitrogens with two attached hydrogens (primary N) is 1. The van der Waals surface area contributed by atoms with Crippen LogP contribution in [0.3, 0.4) is 0 Å². The maximum atomic E-state index is 13.2. The number of thioether (sulfide) groups is 1. The molecule has 0 bridgehead atoms. The number of aryl methyl sites for hydroxylation is 1. The Morgan fingerprint density at radius 1 is 1.31 bits per heavy atom. The number of hydrogen-bond donors (Lipinski definition) is 1. The quantitative estimate of drug-likeness (QED) is 0.350. The molecule has 0 aliphatic carbocycles. The van der Waals surface area contributed by atoms with Crippen molar-refractivity contribution < 1.29 is 14.5 Å². The summed E-state index contributed by atoms with van der Waals surface area (Å²) in [6.07, 6.45) is 0.203. The van der Waals surface area contributed by atoms with Crippen molar-refractivity contribution in [3.8, 4) is 6.07 Å². The van der Waals surface area contributed by atoms with Crippen LogP contribution in [0, 0.1) is 28.4 Å². The molecule has 2 amide bonds. The molecule has 1 aliphatic heterocycles. The van der Waals surface area contributed by atoms with E-state index in [2.05, 4.69) is 0 Å². The van der Waals surface area contributed by atoms with Crippen LogP contribution in [-0.2, 0) is 16.0 Å². The number of hydrogen-bond acceptors (Lipinski definition) is 6. The first-order valence-corrected chi connectivity index (χ1v) is 9.44. The molecule has 146 valence electrons. The maximum Gasteiger partial charge on any atom is 0.269 e. The topological polar surface area (TPSA) is 130 Å². The molecule has 1 heterocycles. The van der Waals surface area contributed by atoms with E-state index in [0.717, 1.165) is 17.3 Å². The molecule has 0 radical (unpaired) electrons. The molecule has 8 nitrogen and oxygen atoms in total. The van der Waals surface area contributed by atoms with Crippen molar-refractivity contribution in [2.24, 2.45) is 5.73 Å². The summed E-state index contributed by atoms with van der Waals surface area (Å²) in [6, 6.07) is 14.9. The molecule has 0 aromatic heterocycles. The summed E-state index contributed by atoms with van der Waals surface area (Å²) in [5.41, 5.74) is 7.01. The molecule has 1 atom stereocenters. The molecule has 3 rings (SSSR count). The molecule has 0 spiro atoms. The number of amides is 2. The Hall–Kier alpha value is -3.64. The van der Waals surface area contributed by atoms with Crippen molar-refractivity contribution in [2.75, 3.05) is 4.90 Å². The maximum absolute atomic E-state index is 13.2. The van der Waals surface area contributed by atoms with Gasteiger partial charge < -0.3 is 5.73 Å². The first-order valence-electron chi connectivity index (χ1n) is 8.56. The third-order valence-corrected chi connectivity index (χ3v) is 5.59. The van der Waals surface area contributed by atoms with Gasteiger partial charge >= 0.3 is 0 Å². The third-order valence-electron chi connectivity index (χ3n) is 4.33. The minimum Gasteiger partial charge on any atom is -0.365 e. The highest BCUT2D eigenvalue weighted by atomic mass is 32.2. The van der Waals surface area contributed by atoms with Gasteiger partial charge in [-0.05, 0) is 36.6 Å². The largest absolute Gasteiger partial charge is 0.365 e. The van der Waals surface area contributed by atoms with Gasteiger partial charge in [-0.15, -0.1) is 0 Å². The summed E-state index contributed by atoms with van der Waals surface area (Å²) in [4.78, 5) is 36.8.